The van der Waals surface area contributed by atoms with Crippen molar-refractivity contribution in [2.24, 2.45) is 0 Å². The minimum atomic E-state index is -0.384. The van der Waals surface area contributed by atoms with Gasteiger partial charge in [-0.3, -0.25) is 0 Å². The number of rotatable bonds is 2. The van der Waals surface area contributed by atoms with Crippen molar-refractivity contribution >= 4 is 15.9 Å². The third-order valence-electron chi connectivity index (χ3n) is 0.430. The molecular weight excluding hydrogens is 144 g/mol. The molecule has 1 N–H and O–H groups in total. The van der Waals surface area contributed by atoms with Crippen molar-refractivity contribution in [2.75, 3.05) is 5.33 Å². The molecule has 0 unspecified atom stereocenters. The van der Waals surface area contributed by atoms with Crippen LogP contribution in [0.4, 0.5) is 0 Å². The zero-order chi connectivity index (χ0) is 4.99. The van der Waals surface area contributed by atoms with E-state index in [9.17, 15) is 0 Å². The van der Waals surface area contributed by atoms with Gasteiger partial charge in [-0.05, 0) is 0 Å². The molecule has 0 aliphatic carbocycles. The highest BCUT2D eigenvalue weighted by Gasteiger charge is 1.87. The van der Waals surface area contributed by atoms with Crippen LogP contribution in [0.1, 0.15) is 0 Å². The van der Waals surface area contributed by atoms with Gasteiger partial charge in [-0.2, -0.15) is 0 Å². The Morgan fingerprint density at radius 1 is 2.00 bits per heavy atom. The summed E-state index contributed by atoms with van der Waals surface area (Å²) >= 11 is 3.05. The molecule has 1 atom stereocenters. The van der Waals surface area contributed by atoms with Crippen molar-refractivity contribution in [1.82, 2.24) is 0 Å². The predicted molar refractivity (Wildman–Crippen MR) is 30.0 cm³/mol. The van der Waals surface area contributed by atoms with E-state index in [4.69, 9.17) is 5.11 Å². The van der Waals surface area contributed by atoms with E-state index in [0.29, 0.717) is 5.33 Å². The molecule has 0 fully saturated rings. The summed E-state index contributed by atoms with van der Waals surface area (Å²) in [5.41, 5.74) is 0. The predicted octanol–water partition coefficient (Wildman–Crippen LogP) is 0.928. The first kappa shape index (κ1) is 6.18. The average Bonchev–Trinajstić information content (AvgIpc) is 1.65. The minimum Gasteiger partial charge on any atom is -0.388 e. The Bertz CT molecular complexity index is 44.8. The van der Waals surface area contributed by atoms with Crippen molar-refractivity contribution < 1.29 is 5.11 Å². The van der Waals surface area contributed by atoms with E-state index >= 15 is 0 Å². The molecular formula is C4H7BrO. The van der Waals surface area contributed by atoms with Gasteiger partial charge in [-0.15, -0.1) is 6.58 Å². The molecule has 0 bridgehead atoms. The van der Waals surface area contributed by atoms with Gasteiger partial charge in [0.15, 0.2) is 0 Å². The van der Waals surface area contributed by atoms with Crippen molar-refractivity contribution in [3.63, 3.8) is 0 Å². The summed E-state index contributed by atoms with van der Waals surface area (Å²) < 4.78 is 0. The third kappa shape index (κ3) is 2.42. The minimum absolute atomic E-state index is 0.384. The Hall–Kier alpha value is 0.180. The van der Waals surface area contributed by atoms with Crippen LogP contribution in [0.15, 0.2) is 12.7 Å². The molecule has 0 radical (unpaired) electrons. The number of aliphatic hydroxyl groups excluding tert-OH is 1. The molecule has 0 saturated heterocycles. The smallest absolute Gasteiger partial charge is 0.0815 e. The van der Waals surface area contributed by atoms with Gasteiger partial charge in [0, 0.05) is 5.33 Å². The fraction of sp³-hybridized carbons (Fsp3) is 0.500. The van der Waals surface area contributed by atoms with Crippen LogP contribution in [0, 0.1) is 0 Å². The number of hydrogen-bond donors (Lipinski definition) is 1. The van der Waals surface area contributed by atoms with Crippen LogP contribution in [0.25, 0.3) is 0 Å². The lowest BCUT2D eigenvalue weighted by molar-refractivity contribution is 0.250. The molecule has 6 heavy (non-hydrogen) atoms. The summed E-state index contributed by atoms with van der Waals surface area (Å²) in [6.07, 6.45) is 1.10. The van der Waals surface area contributed by atoms with E-state index < -0.39 is 0 Å². The fourth-order valence-corrected chi connectivity index (χ4v) is 0.327. The highest BCUT2D eigenvalue weighted by molar-refractivity contribution is 9.09. The molecule has 1 nitrogen and oxygen atoms in total. The average molecular weight is 151 g/mol. The lowest BCUT2D eigenvalue weighted by Crippen LogP contribution is -2.00. The van der Waals surface area contributed by atoms with Gasteiger partial charge in [-0.1, -0.05) is 22.0 Å². The molecule has 0 aromatic carbocycles. The van der Waals surface area contributed by atoms with Gasteiger partial charge in [-0.25, -0.2) is 0 Å². The van der Waals surface area contributed by atoms with Crippen LogP contribution < -0.4 is 0 Å². The SMILES string of the molecule is C=C[C@H](O)CBr. The van der Waals surface area contributed by atoms with Gasteiger partial charge in [0.25, 0.3) is 0 Å². The topological polar surface area (TPSA) is 20.2 Å². The quantitative estimate of drug-likeness (QED) is 0.459. The molecule has 0 rings (SSSR count). The lowest BCUT2D eigenvalue weighted by Gasteiger charge is -1.92. The van der Waals surface area contributed by atoms with E-state index in [0.717, 1.165) is 0 Å². The molecule has 0 saturated carbocycles. The first-order valence-corrected chi connectivity index (χ1v) is 2.80. The van der Waals surface area contributed by atoms with Gasteiger partial charge in [0.1, 0.15) is 0 Å². The van der Waals surface area contributed by atoms with Crippen molar-refractivity contribution in [3.8, 4) is 0 Å². The van der Waals surface area contributed by atoms with Crippen molar-refractivity contribution in [2.45, 2.75) is 6.10 Å². The number of aliphatic hydroxyl groups is 1. The third-order valence-corrected chi connectivity index (χ3v) is 1.09. The van der Waals surface area contributed by atoms with E-state index in [-0.39, 0.29) is 6.10 Å². The first-order chi connectivity index (χ1) is 2.81. The Labute approximate surface area is 45.8 Å². The summed E-state index contributed by atoms with van der Waals surface area (Å²) in [6.45, 7) is 3.35. The van der Waals surface area contributed by atoms with E-state index in [1.807, 2.05) is 0 Å². The summed E-state index contributed by atoms with van der Waals surface area (Å²) in [7, 11) is 0. The standard InChI is InChI=1S/C4H7BrO/c1-2-4(6)3-5/h2,4,6H,1,3H2/t4-/m0/s1. The second kappa shape index (κ2) is 3.37. The van der Waals surface area contributed by atoms with Crippen LogP contribution in [-0.4, -0.2) is 16.5 Å². The summed E-state index contributed by atoms with van der Waals surface area (Å²) in [6, 6.07) is 0. The molecule has 0 heterocycles. The largest absolute Gasteiger partial charge is 0.388 e. The van der Waals surface area contributed by atoms with Crippen LogP contribution in [-0.2, 0) is 0 Å². The normalized spacial score (nSPS) is 13.7. The van der Waals surface area contributed by atoms with Crippen molar-refractivity contribution in [3.05, 3.63) is 12.7 Å². The fourth-order valence-electron chi connectivity index (χ4n) is 0.0630. The maximum atomic E-state index is 8.50. The van der Waals surface area contributed by atoms with Gasteiger partial charge < -0.3 is 5.11 Å². The van der Waals surface area contributed by atoms with Gasteiger partial charge in [0.05, 0.1) is 6.10 Å². The monoisotopic (exact) mass is 150 g/mol. The van der Waals surface area contributed by atoms with Crippen LogP contribution in [0.5, 0.6) is 0 Å². The van der Waals surface area contributed by atoms with Crippen LogP contribution in [0.3, 0.4) is 0 Å². The molecule has 0 aliphatic heterocycles. The van der Waals surface area contributed by atoms with E-state index in [1.54, 1.807) is 0 Å². The first-order valence-electron chi connectivity index (χ1n) is 1.68. The Morgan fingerprint density at radius 3 is 2.50 bits per heavy atom. The highest BCUT2D eigenvalue weighted by atomic mass is 79.9. The van der Waals surface area contributed by atoms with Gasteiger partial charge >= 0.3 is 0 Å². The van der Waals surface area contributed by atoms with Crippen molar-refractivity contribution in [1.29, 1.82) is 0 Å². The molecule has 36 valence electrons. The number of alkyl halides is 1. The Kier molecular flexibility index (Phi) is 3.47. The zero-order valence-electron chi connectivity index (χ0n) is 3.39. The molecule has 0 aliphatic rings. The Balaban J connectivity index is 2.96. The summed E-state index contributed by atoms with van der Waals surface area (Å²) in [5, 5.41) is 9.08. The maximum Gasteiger partial charge on any atom is 0.0815 e. The number of halogens is 1. The second-order valence-electron chi connectivity index (χ2n) is 0.957. The Morgan fingerprint density at radius 2 is 2.50 bits per heavy atom. The molecule has 0 aromatic heterocycles. The molecule has 0 aromatic rings. The van der Waals surface area contributed by atoms with Gasteiger partial charge in [0.2, 0.25) is 0 Å². The van der Waals surface area contributed by atoms with Crippen LogP contribution >= 0.6 is 15.9 Å². The summed E-state index contributed by atoms with van der Waals surface area (Å²) in [5.74, 6) is 0. The van der Waals surface area contributed by atoms with E-state index in [1.165, 1.54) is 6.08 Å². The molecule has 0 spiro atoms. The zero-order valence-corrected chi connectivity index (χ0v) is 4.98. The van der Waals surface area contributed by atoms with Crippen LogP contribution in [0.2, 0.25) is 0 Å². The maximum absolute atomic E-state index is 8.50. The number of hydrogen-bond acceptors (Lipinski definition) is 1. The lowest BCUT2D eigenvalue weighted by atomic mass is 10.4. The summed E-state index contributed by atoms with van der Waals surface area (Å²) in [4.78, 5) is 0. The van der Waals surface area contributed by atoms with E-state index in [2.05, 4.69) is 22.5 Å². The molecule has 0 amide bonds. The second-order valence-corrected chi connectivity index (χ2v) is 1.60. The molecule has 2 heteroatoms. The highest BCUT2D eigenvalue weighted by Crippen LogP contribution is 1.87.